The molecular weight excluding hydrogens is 395 g/mol. The van der Waals surface area contributed by atoms with Crippen LogP contribution in [0.3, 0.4) is 0 Å². The highest BCUT2D eigenvalue weighted by molar-refractivity contribution is 14.0. The van der Waals surface area contributed by atoms with Gasteiger partial charge in [0.2, 0.25) is 0 Å². The molecule has 0 bridgehead atoms. The van der Waals surface area contributed by atoms with Gasteiger partial charge in [-0.1, -0.05) is 34.6 Å². The topological polar surface area (TPSA) is 49.3 Å². The first-order chi connectivity index (χ1) is 9.32. The number of nitrogens with one attached hydrogen (secondary N) is 2. The number of aliphatic imine (C=N–C) groups is 1. The zero-order chi connectivity index (χ0) is 15.2. The fourth-order valence-corrected chi connectivity index (χ4v) is 2.43. The molecule has 0 aromatic carbocycles. The molecule has 0 atom stereocenters. The van der Waals surface area contributed by atoms with E-state index in [0.29, 0.717) is 12.5 Å². The van der Waals surface area contributed by atoms with Crippen LogP contribution in [0.25, 0.3) is 0 Å². The van der Waals surface area contributed by atoms with E-state index in [-0.39, 0.29) is 29.4 Å². The third-order valence-corrected chi connectivity index (χ3v) is 3.93. The van der Waals surface area contributed by atoms with Gasteiger partial charge >= 0.3 is 0 Å². The Labute approximate surface area is 150 Å². The lowest BCUT2D eigenvalue weighted by molar-refractivity contribution is 0.583. The summed E-state index contributed by atoms with van der Waals surface area (Å²) in [6.45, 7) is 15.4. The molecule has 0 unspecified atom stereocenters. The number of aromatic nitrogens is 1. The Morgan fingerprint density at radius 2 is 2.00 bits per heavy atom. The maximum atomic E-state index is 4.66. The number of rotatable bonds is 5. The van der Waals surface area contributed by atoms with E-state index < -0.39 is 0 Å². The maximum Gasteiger partial charge on any atom is 0.191 e. The summed E-state index contributed by atoms with van der Waals surface area (Å²) in [5, 5.41) is 9.88. The standard InChI is InChI=1S/C15H28N4S.HI/c1-7-16-14(17-8-11(2)3)18-9-12-10-20-13(19-12)15(4,5)6;/h10-11H,7-9H2,1-6H3,(H2,16,17,18);1H. The van der Waals surface area contributed by atoms with E-state index in [9.17, 15) is 0 Å². The van der Waals surface area contributed by atoms with Crippen molar-refractivity contribution in [2.24, 2.45) is 10.9 Å². The van der Waals surface area contributed by atoms with Gasteiger partial charge in [0.25, 0.3) is 0 Å². The molecule has 4 nitrogen and oxygen atoms in total. The molecule has 1 aromatic heterocycles. The summed E-state index contributed by atoms with van der Waals surface area (Å²) in [5.74, 6) is 1.47. The van der Waals surface area contributed by atoms with Crippen LogP contribution in [0.2, 0.25) is 0 Å². The van der Waals surface area contributed by atoms with Crippen molar-refractivity contribution in [2.45, 2.75) is 53.5 Å². The summed E-state index contributed by atoms with van der Waals surface area (Å²) in [5.41, 5.74) is 1.16. The van der Waals surface area contributed by atoms with Crippen molar-refractivity contribution in [3.8, 4) is 0 Å². The van der Waals surface area contributed by atoms with Crippen molar-refractivity contribution in [1.29, 1.82) is 0 Å². The highest BCUT2D eigenvalue weighted by Gasteiger charge is 2.17. The van der Waals surface area contributed by atoms with Crippen LogP contribution in [0, 0.1) is 5.92 Å². The fourth-order valence-electron chi connectivity index (χ4n) is 1.53. The zero-order valence-corrected chi connectivity index (χ0v) is 17.1. The van der Waals surface area contributed by atoms with Gasteiger partial charge < -0.3 is 10.6 Å². The molecule has 6 heteroatoms. The minimum Gasteiger partial charge on any atom is -0.357 e. The Balaban J connectivity index is 0.00000400. The van der Waals surface area contributed by atoms with Gasteiger partial charge in [-0.2, -0.15) is 0 Å². The Morgan fingerprint density at radius 1 is 1.33 bits per heavy atom. The lowest BCUT2D eigenvalue weighted by Gasteiger charge is -2.13. The molecule has 1 rings (SSSR count). The first-order valence-electron chi connectivity index (χ1n) is 7.30. The molecule has 0 spiro atoms. The largest absolute Gasteiger partial charge is 0.357 e. The molecule has 2 N–H and O–H groups in total. The molecular formula is C15H29IN4S. The molecule has 0 aliphatic carbocycles. The second kappa shape index (κ2) is 9.61. The predicted octanol–water partition coefficient (Wildman–Crippen LogP) is 3.77. The Morgan fingerprint density at radius 3 is 2.48 bits per heavy atom. The third-order valence-electron chi connectivity index (χ3n) is 2.61. The van der Waals surface area contributed by atoms with Crippen LogP contribution in [0.4, 0.5) is 0 Å². The summed E-state index contributed by atoms with van der Waals surface area (Å²) in [6.07, 6.45) is 0. The monoisotopic (exact) mass is 424 g/mol. The minimum atomic E-state index is 0. The first kappa shape index (κ1) is 20.6. The lowest BCUT2D eigenvalue weighted by atomic mass is 9.98. The van der Waals surface area contributed by atoms with Crippen LogP contribution in [-0.4, -0.2) is 24.0 Å². The second-order valence-electron chi connectivity index (χ2n) is 6.36. The zero-order valence-electron chi connectivity index (χ0n) is 14.0. The molecule has 122 valence electrons. The van der Waals surface area contributed by atoms with E-state index in [1.807, 2.05) is 0 Å². The molecule has 1 heterocycles. The minimum absolute atomic E-state index is 0. The van der Waals surface area contributed by atoms with E-state index >= 15 is 0 Å². The Hall–Kier alpha value is -0.370. The van der Waals surface area contributed by atoms with E-state index in [4.69, 9.17) is 0 Å². The van der Waals surface area contributed by atoms with Crippen molar-refractivity contribution in [2.75, 3.05) is 13.1 Å². The normalized spacial score (nSPS) is 12.2. The summed E-state index contributed by atoms with van der Waals surface area (Å²) in [4.78, 5) is 9.25. The van der Waals surface area contributed by atoms with Crippen molar-refractivity contribution in [1.82, 2.24) is 15.6 Å². The van der Waals surface area contributed by atoms with Gasteiger partial charge in [0.05, 0.1) is 17.2 Å². The molecule has 0 saturated heterocycles. The highest BCUT2D eigenvalue weighted by atomic mass is 127. The average molecular weight is 424 g/mol. The molecule has 0 fully saturated rings. The summed E-state index contributed by atoms with van der Waals surface area (Å²) < 4.78 is 0. The van der Waals surface area contributed by atoms with Crippen molar-refractivity contribution in [3.63, 3.8) is 0 Å². The van der Waals surface area contributed by atoms with Crippen LogP contribution in [0.5, 0.6) is 0 Å². The Kier molecular flexibility index (Phi) is 9.44. The molecule has 0 amide bonds. The maximum absolute atomic E-state index is 4.66. The van der Waals surface area contributed by atoms with E-state index in [1.54, 1.807) is 11.3 Å². The number of hydrogen-bond acceptors (Lipinski definition) is 3. The van der Waals surface area contributed by atoms with Crippen molar-refractivity contribution >= 4 is 41.3 Å². The average Bonchev–Trinajstić information content (AvgIpc) is 2.81. The van der Waals surface area contributed by atoms with Gasteiger partial charge in [-0.15, -0.1) is 35.3 Å². The van der Waals surface area contributed by atoms with E-state index in [1.165, 1.54) is 5.01 Å². The number of guanidine groups is 1. The highest BCUT2D eigenvalue weighted by Crippen LogP contribution is 2.25. The number of halogens is 1. The van der Waals surface area contributed by atoms with Crippen LogP contribution >= 0.6 is 35.3 Å². The molecule has 1 aromatic rings. The van der Waals surface area contributed by atoms with Crippen LogP contribution in [0.1, 0.15) is 52.2 Å². The van der Waals surface area contributed by atoms with Crippen LogP contribution in [-0.2, 0) is 12.0 Å². The number of nitrogens with zero attached hydrogens (tertiary/aromatic N) is 2. The van der Waals surface area contributed by atoms with Gasteiger partial charge in [-0.3, -0.25) is 0 Å². The van der Waals surface area contributed by atoms with Gasteiger partial charge in [0, 0.05) is 23.9 Å². The number of hydrogen-bond donors (Lipinski definition) is 2. The third kappa shape index (κ3) is 7.99. The van der Waals surface area contributed by atoms with Gasteiger partial charge in [0.1, 0.15) is 0 Å². The lowest BCUT2D eigenvalue weighted by Crippen LogP contribution is -2.39. The first-order valence-corrected chi connectivity index (χ1v) is 8.18. The number of thiazole rings is 1. The van der Waals surface area contributed by atoms with E-state index in [0.717, 1.165) is 24.7 Å². The van der Waals surface area contributed by atoms with Gasteiger partial charge in [-0.25, -0.2) is 9.98 Å². The van der Waals surface area contributed by atoms with Crippen molar-refractivity contribution < 1.29 is 0 Å². The molecule has 21 heavy (non-hydrogen) atoms. The summed E-state index contributed by atoms with van der Waals surface area (Å²) >= 11 is 1.72. The molecule has 0 radical (unpaired) electrons. The van der Waals surface area contributed by atoms with Gasteiger partial charge in [0.15, 0.2) is 5.96 Å². The van der Waals surface area contributed by atoms with E-state index in [2.05, 4.69) is 67.5 Å². The predicted molar refractivity (Wildman–Crippen MR) is 104 cm³/mol. The SMILES string of the molecule is CCNC(=NCc1csc(C(C)(C)C)n1)NCC(C)C.I. The summed E-state index contributed by atoms with van der Waals surface area (Å²) in [7, 11) is 0. The van der Waals surface area contributed by atoms with Crippen LogP contribution in [0.15, 0.2) is 10.4 Å². The fraction of sp³-hybridized carbons (Fsp3) is 0.733. The quantitative estimate of drug-likeness (QED) is 0.430. The molecule has 0 saturated carbocycles. The Bertz CT molecular complexity index is 435. The van der Waals surface area contributed by atoms with Crippen LogP contribution < -0.4 is 10.6 Å². The van der Waals surface area contributed by atoms with Gasteiger partial charge in [-0.05, 0) is 12.8 Å². The smallest absolute Gasteiger partial charge is 0.191 e. The summed E-state index contributed by atoms with van der Waals surface area (Å²) in [6, 6.07) is 0. The van der Waals surface area contributed by atoms with Crippen molar-refractivity contribution in [3.05, 3.63) is 16.1 Å². The second-order valence-corrected chi connectivity index (χ2v) is 7.22. The molecule has 0 aliphatic heterocycles. The molecule has 0 aliphatic rings.